The van der Waals surface area contributed by atoms with Crippen LogP contribution >= 0.6 is 0 Å². The molecule has 1 heterocycles. The van der Waals surface area contributed by atoms with Crippen molar-refractivity contribution in [2.24, 2.45) is 5.92 Å². The second kappa shape index (κ2) is 9.00. The first kappa shape index (κ1) is 22.8. The Morgan fingerprint density at radius 3 is 2.23 bits per heavy atom. The quantitative estimate of drug-likeness (QED) is 0.512. The molecule has 0 spiro atoms. The molecule has 2 aliphatic rings. The monoisotopic (exact) mass is 469 g/mol. The number of aliphatic hydroxyl groups is 1. The summed E-state index contributed by atoms with van der Waals surface area (Å²) in [5.74, 6) is -2.39. The standard InChI is InChI=1S/C28H27N3O4/c1-16(26(33)29-22-15-17-9-3-4-10-18(17)25(22)32)27(34)30-24-21-13-6-5-11-19(21)20-12-7-8-14-23(20)31(2)28(24)35/h3-14,16,22,24-25,32H,15H2,1-2H3,(H,29,33)(H,30,34). The second-order valence-electron chi connectivity index (χ2n) is 9.13. The zero-order chi connectivity index (χ0) is 24.7. The van der Waals surface area contributed by atoms with Crippen molar-refractivity contribution >= 4 is 23.4 Å². The van der Waals surface area contributed by atoms with Crippen LogP contribution in [-0.2, 0) is 20.8 Å². The average molecular weight is 470 g/mol. The van der Waals surface area contributed by atoms with Crippen LogP contribution < -0.4 is 15.5 Å². The van der Waals surface area contributed by atoms with Crippen LogP contribution in [0.25, 0.3) is 11.1 Å². The first-order valence-electron chi connectivity index (χ1n) is 11.7. The average Bonchev–Trinajstić information content (AvgIpc) is 3.16. The molecule has 0 aromatic heterocycles. The molecule has 3 aromatic rings. The molecule has 178 valence electrons. The highest BCUT2D eigenvalue weighted by Gasteiger charge is 2.37. The summed E-state index contributed by atoms with van der Waals surface area (Å²) in [6.07, 6.45) is -0.331. The molecule has 7 heteroatoms. The molecule has 4 atom stereocenters. The molecule has 0 fully saturated rings. The molecule has 7 nitrogen and oxygen atoms in total. The van der Waals surface area contributed by atoms with Gasteiger partial charge in [-0.3, -0.25) is 14.4 Å². The van der Waals surface area contributed by atoms with Gasteiger partial charge in [-0.25, -0.2) is 0 Å². The van der Waals surface area contributed by atoms with Crippen LogP contribution in [0.15, 0.2) is 72.8 Å². The summed E-state index contributed by atoms with van der Waals surface area (Å²) in [4.78, 5) is 41.1. The first-order valence-corrected chi connectivity index (χ1v) is 11.7. The van der Waals surface area contributed by atoms with Crippen LogP contribution in [0, 0.1) is 5.92 Å². The number of benzene rings is 3. The van der Waals surface area contributed by atoms with Crippen LogP contribution in [-0.4, -0.2) is 35.9 Å². The number of aliphatic hydroxyl groups excluding tert-OH is 1. The highest BCUT2D eigenvalue weighted by Crippen LogP contribution is 2.39. The number of nitrogens with one attached hydrogen (secondary N) is 2. The molecule has 5 rings (SSSR count). The van der Waals surface area contributed by atoms with E-state index in [9.17, 15) is 19.5 Å². The largest absolute Gasteiger partial charge is 0.386 e. The Labute approximate surface area is 203 Å². The lowest BCUT2D eigenvalue weighted by atomic mass is 9.95. The number of likely N-dealkylation sites (N-methyl/N-ethyl adjacent to an activating group) is 1. The third kappa shape index (κ3) is 3.98. The molecular weight excluding hydrogens is 442 g/mol. The molecule has 35 heavy (non-hydrogen) atoms. The Morgan fingerprint density at radius 2 is 1.49 bits per heavy atom. The van der Waals surface area contributed by atoms with Crippen LogP contribution in [0.4, 0.5) is 5.69 Å². The number of fused-ring (bicyclic) bond motifs is 4. The number of hydrogen-bond acceptors (Lipinski definition) is 4. The van der Waals surface area contributed by atoms with E-state index < -0.39 is 35.9 Å². The summed E-state index contributed by atoms with van der Waals surface area (Å²) >= 11 is 0. The number of carbonyl (C=O) groups excluding carboxylic acids is 3. The SMILES string of the molecule is CC(C(=O)NC1C(=O)N(C)c2ccccc2-c2ccccc21)C(=O)NC1Cc2ccccc2C1O. The van der Waals surface area contributed by atoms with Crippen molar-refractivity contribution < 1.29 is 19.5 Å². The van der Waals surface area contributed by atoms with E-state index in [1.165, 1.54) is 11.8 Å². The smallest absolute Gasteiger partial charge is 0.253 e. The minimum Gasteiger partial charge on any atom is -0.386 e. The predicted octanol–water partition coefficient (Wildman–Crippen LogP) is 2.90. The lowest BCUT2D eigenvalue weighted by Gasteiger charge is -2.25. The summed E-state index contributed by atoms with van der Waals surface area (Å²) < 4.78 is 0. The van der Waals surface area contributed by atoms with Crippen molar-refractivity contribution in [3.8, 4) is 11.1 Å². The van der Waals surface area contributed by atoms with Gasteiger partial charge in [-0.15, -0.1) is 0 Å². The fourth-order valence-corrected chi connectivity index (χ4v) is 4.97. The zero-order valence-electron chi connectivity index (χ0n) is 19.6. The lowest BCUT2D eigenvalue weighted by Crippen LogP contribution is -2.48. The number of amides is 3. The van der Waals surface area contributed by atoms with Crippen molar-refractivity contribution in [3.05, 3.63) is 89.5 Å². The molecule has 1 aliphatic heterocycles. The van der Waals surface area contributed by atoms with Gasteiger partial charge in [0.15, 0.2) is 0 Å². The Balaban J connectivity index is 1.35. The van der Waals surface area contributed by atoms with Crippen molar-refractivity contribution in [2.45, 2.75) is 31.5 Å². The molecule has 1 aliphatic carbocycles. The van der Waals surface area contributed by atoms with Gasteiger partial charge < -0.3 is 20.6 Å². The molecule has 0 radical (unpaired) electrons. The number of nitrogens with zero attached hydrogens (tertiary/aromatic N) is 1. The number of hydrogen-bond donors (Lipinski definition) is 3. The zero-order valence-corrected chi connectivity index (χ0v) is 19.6. The van der Waals surface area contributed by atoms with Crippen molar-refractivity contribution in [2.75, 3.05) is 11.9 Å². The van der Waals surface area contributed by atoms with Crippen LogP contribution in [0.1, 0.15) is 35.8 Å². The van der Waals surface area contributed by atoms with E-state index >= 15 is 0 Å². The fourth-order valence-electron chi connectivity index (χ4n) is 4.97. The van der Waals surface area contributed by atoms with Gasteiger partial charge in [-0.2, -0.15) is 0 Å². The molecule has 3 aromatic carbocycles. The summed E-state index contributed by atoms with van der Waals surface area (Å²) in [6.45, 7) is 1.50. The lowest BCUT2D eigenvalue weighted by molar-refractivity contribution is -0.137. The van der Waals surface area contributed by atoms with Crippen molar-refractivity contribution in [1.82, 2.24) is 10.6 Å². The summed E-state index contributed by atoms with van der Waals surface area (Å²) in [5.41, 5.74) is 4.95. The Kier molecular flexibility index (Phi) is 5.86. The minimum atomic E-state index is -1.05. The highest BCUT2D eigenvalue weighted by molar-refractivity contribution is 6.07. The van der Waals surface area contributed by atoms with E-state index in [0.717, 1.165) is 27.9 Å². The maximum Gasteiger partial charge on any atom is 0.253 e. The number of carbonyl (C=O) groups is 3. The van der Waals surface area contributed by atoms with E-state index in [2.05, 4.69) is 10.6 Å². The van der Waals surface area contributed by atoms with Gasteiger partial charge in [-0.1, -0.05) is 66.7 Å². The molecule has 0 bridgehead atoms. The fraction of sp³-hybridized carbons (Fsp3) is 0.250. The number of para-hydroxylation sites is 1. The highest BCUT2D eigenvalue weighted by atomic mass is 16.3. The van der Waals surface area contributed by atoms with Gasteiger partial charge in [0.05, 0.1) is 17.8 Å². The molecule has 0 saturated heterocycles. The Bertz CT molecular complexity index is 1320. The third-order valence-electron chi connectivity index (χ3n) is 7.00. The van der Waals surface area contributed by atoms with E-state index in [4.69, 9.17) is 0 Å². The molecule has 0 saturated carbocycles. The van der Waals surface area contributed by atoms with Crippen LogP contribution in [0.3, 0.4) is 0 Å². The second-order valence-corrected chi connectivity index (χ2v) is 9.13. The summed E-state index contributed by atoms with van der Waals surface area (Å²) in [7, 11) is 1.68. The number of anilines is 1. The van der Waals surface area contributed by atoms with Gasteiger partial charge in [0.25, 0.3) is 5.91 Å². The van der Waals surface area contributed by atoms with Crippen molar-refractivity contribution in [3.63, 3.8) is 0 Å². The van der Waals surface area contributed by atoms with E-state index in [1.807, 2.05) is 72.8 Å². The Morgan fingerprint density at radius 1 is 0.886 bits per heavy atom. The normalized spacial score (nSPS) is 21.3. The van der Waals surface area contributed by atoms with E-state index in [-0.39, 0.29) is 5.91 Å². The Hall–Kier alpha value is -3.97. The first-order chi connectivity index (χ1) is 16.9. The summed E-state index contributed by atoms with van der Waals surface area (Å²) in [6, 6.07) is 21.1. The van der Waals surface area contributed by atoms with E-state index in [1.54, 1.807) is 7.05 Å². The molecule has 4 unspecified atom stereocenters. The maximum absolute atomic E-state index is 13.4. The predicted molar refractivity (Wildman–Crippen MR) is 132 cm³/mol. The number of rotatable bonds is 4. The maximum atomic E-state index is 13.4. The van der Waals surface area contributed by atoms with Crippen LogP contribution in [0.5, 0.6) is 0 Å². The van der Waals surface area contributed by atoms with Crippen LogP contribution in [0.2, 0.25) is 0 Å². The molecule has 3 N–H and O–H groups in total. The van der Waals surface area contributed by atoms with Gasteiger partial charge in [0, 0.05) is 12.6 Å². The summed E-state index contributed by atoms with van der Waals surface area (Å²) in [5, 5.41) is 16.2. The molecule has 3 amide bonds. The third-order valence-corrected chi connectivity index (χ3v) is 7.00. The van der Waals surface area contributed by atoms with Gasteiger partial charge in [0.1, 0.15) is 12.0 Å². The van der Waals surface area contributed by atoms with Gasteiger partial charge in [0.2, 0.25) is 11.8 Å². The topological polar surface area (TPSA) is 98.7 Å². The minimum absolute atomic E-state index is 0.287. The molecular formula is C28H27N3O4. The van der Waals surface area contributed by atoms with Gasteiger partial charge in [-0.05, 0) is 41.7 Å². The van der Waals surface area contributed by atoms with Crippen molar-refractivity contribution in [1.29, 1.82) is 0 Å². The van der Waals surface area contributed by atoms with Gasteiger partial charge >= 0.3 is 0 Å². The van der Waals surface area contributed by atoms with E-state index in [0.29, 0.717) is 12.0 Å².